The number of benzene rings is 6. The Morgan fingerprint density at radius 1 is 0.505 bits per heavy atom. The molecule has 0 aliphatic carbocycles. The lowest BCUT2D eigenvalue weighted by Gasteiger charge is -2.43. The maximum Gasteiger partial charge on any atom is 0.410 e. The van der Waals surface area contributed by atoms with Gasteiger partial charge < -0.3 is 46.0 Å². The molecule has 2 atom stereocenters. The first kappa shape index (κ1) is 66.7. The van der Waals surface area contributed by atoms with E-state index in [1.165, 1.54) is 9.80 Å². The minimum absolute atomic E-state index is 0.000568. The molecule has 0 saturated carbocycles. The van der Waals surface area contributed by atoms with Crippen LogP contribution < -0.4 is 26.6 Å². The monoisotopic (exact) mass is 1270 g/mol. The van der Waals surface area contributed by atoms with E-state index < -0.39 is 46.7 Å². The van der Waals surface area contributed by atoms with Crippen LogP contribution in [0.4, 0.5) is 16.2 Å². The number of nitrogens with zero attached hydrogens (tertiary/aromatic N) is 3. The molecule has 0 spiro atoms. The van der Waals surface area contributed by atoms with Gasteiger partial charge in [0.15, 0.2) is 11.6 Å². The second kappa shape index (κ2) is 29.5. The minimum Gasteiger partial charge on any atom is -0.444 e. The number of likely N-dealkylation sites (tertiary alicyclic amines) is 1. The highest BCUT2D eigenvalue weighted by Gasteiger charge is 2.48. The molecule has 2 saturated heterocycles. The van der Waals surface area contributed by atoms with E-state index >= 15 is 0 Å². The molecule has 7 amide bonds. The zero-order valence-electron chi connectivity index (χ0n) is 52.0. The Morgan fingerprint density at radius 2 is 0.890 bits per heavy atom. The van der Waals surface area contributed by atoms with E-state index in [1.807, 2.05) is 92.7 Å². The number of nitrogens with one attached hydrogen (secondary N) is 5. The molecule has 0 radical (unpaired) electrons. The zero-order chi connectivity index (χ0) is 65.0. The molecular weight excluding hydrogens is 1200 g/mol. The fourth-order valence-corrected chi connectivity index (χ4v) is 12.3. The Hall–Kier alpha value is -8.71. The summed E-state index contributed by atoms with van der Waals surface area (Å²) in [5.74, 6) is -2.58. The van der Waals surface area contributed by atoms with Gasteiger partial charge in [-0.25, -0.2) is 4.79 Å². The lowest BCUT2D eigenvalue weighted by atomic mass is 9.85. The molecule has 4 aliphatic heterocycles. The van der Waals surface area contributed by atoms with Crippen molar-refractivity contribution in [3.8, 4) is 0 Å². The van der Waals surface area contributed by atoms with Gasteiger partial charge >= 0.3 is 6.09 Å². The number of halogens is 2. The molecule has 4 heterocycles. The SMILES string of the molecule is Cc1cccc(NC(=O)C2(NC(=O)[C@@H]3Cc4ccccc4CN3C(=O)CCC(=O)c3ccccc3)CCN(C(=O)OC(C)(C)C)CC2)c1Cl.Cc1cccc(NC(=O)C2(NC(=O)[C@@H]3Cc4ccccc4CN3C(=O)CCC(=O)c3ccccc3)CCNCC2)c1Cl. The van der Waals surface area contributed by atoms with Crippen molar-refractivity contribution in [1.82, 2.24) is 30.7 Å². The summed E-state index contributed by atoms with van der Waals surface area (Å²) in [5.41, 5.74) is 4.08. The third-order valence-electron chi connectivity index (χ3n) is 17.3. The first-order chi connectivity index (χ1) is 43.5. The number of amides is 7. The highest BCUT2D eigenvalue weighted by molar-refractivity contribution is 6.35. The molecule has 4 aliphatic rings. The van der Waals surface area contributed by atoms with Crippen molar-refractivity contribution in [3.63, 3.8) is 0 Å². The van der Waals surface area contributed by atoms with Crippen LogP contribution in [0.3, 0.4) is 0 Å². The number of aryl methyl sites for hydroxylation is 2. The van der Waals surface area contributed by atoms with Crippen molar-refractivity contribution >= 4 is 87.7 Å². The molecule has 20 heteroatoms. The number of ketones is 2. The van der Waals surface area contributed by atoms with Crippen molar-refractivity contribution in [2.24, 2.45) is 0 Å². The lowest BCUT2D eigenvalue weighted by Crippen LogP contribution is -2.65. The van der Waals surface area contributed by atoms with Gasteiger partial charge in [0.1, 0.15) is 28.8 Å². The van der Waals surface area contributed by atoms with Crippen LogP contribution in [0.1, 0.15) is 126 Å². The predicted octanol–water partition coefficient (Wildman–Crippen LogP) is 10.5. The van der Waals surface area contributed by atoms with E-state index in [9.17, 15) is 43.2 Å². The summed E-state index contributed by atoms with van der Waals surface area (Å²) in [6, 6.07) is 42.0. The van der Waals surface area contributed by atoms with Crippen molar-refractivity contribution in [3.05, 3.63) is 200 Å². The molecule has 5 N–H and O–H groups in total. The number of anilines is 2. The topological polar surface area (TPSA) is 233 Å². The maximum atomic E-state index is 14.4. The standard InChI is InChI=1S/C38H43ClN4O6.C33H35ClN4O4/c1-25-11-10-16-29(33(25)39)40-35(47)38(19-21-42(22-20-38)36(48)49-37(2,3)4)41-34(46)30-23-27-14-8-9-15-28(27)24-43(30)32(45)18-17-31(44)26-12-6-5-7-13-26;1-22-8-7-13-26(30(22)34)36-32(42)33(16-18-35-19-17-33)37-31(41)27-20-24-11-5-6-12-25(24)21-38(27)29(40)15-14-28(39)23-9-3-2-4-10-23/h5-16,30H,17-24H2,1-4H3,(H,40,47)(H,41,46);2-13,27,35H,14-21H2,1H3,(H,36,42)(H,37,41)/t30-;27-/m00/s1. The second-order valence-electron chi connectivity index (χ2n) is 24.7. The number of Topliss-reactive ketones (excluding diaryl/α,β-unsaturated/α-hetero) is 2. The first-order valence-electron chi connectivity index (χ1n) is 30.9. The second-order valence-corrected chi connectivity index (χ2v) is 25.5. The van der Waals surface area contributed by atoms with Gasteiger partial charge in [-0.05, 0) is 119 Å². The van der Waals surface area contributed by atoms with Crippen LogP contribution in [0.25, 0.3) is 0 Å². The average molecular weight is 1270 g/mol. The third kappa shape index (κ3) is 16.4. The van der Waals surface area contributed by atoms with E-state index in [-0.39, 0.29) is 106 Å². The first-order valence-corrected chi connectivity index (χ1v) is 31.6. The Morgan fingerprint density at radius 3 is 1.30 bits per heavy atom. The maximum absolute atomic E-state index is 14.4. The third-order valence-corrected chi connectivity index (χ3v) is 18.3. The van der Waals surface area contributed by atoms with Gasteiger partial charge in [-0.3, -0.25) is 38.4 Å². The summed E-state index contributed by atoms with van der Waals surface area (Å²) in [7, 11) is 0. The van der Waals surface area contributed by atoms with E-state index in [0.717, 1.165) is 33.4 Å². The number of hydrogen-bond donors (Lipinski definition) is 5. The highest BCUT2D eigenvalue weighted by atomic mass is 35.5. The number of fused-ring (bicyclic) bond motifs is 2. The van der Waals surface area contributed by atoms with Gasteiger partial charge in [0.2, 0.25) is 35.4 Å². The summed E-state index contributed by atoms with van der Waals surface area (Å²) in [6.45, 7) is 10.9. The number of carbonyl (C=O) groups is 9. The summed E-state index contributed by atoms with van der Waals surface area (Å²) in [6.07, 6.45) is 1.01. The van der Waals surface area contributed by atoms with Crippen molar-refractivity contribution in [1.29, 1.82) is 0 Å². The molecule has 10 rings (SSSR count). The fraction of sp³-hybridized carbons (Fsp3) is 0.366. The molecule has 476 valence electrons. The molecule has 6 aromatic carbocycles. The van der Waals surface area contributed by atoms with Crippen molar-refractivity contribution in [2.75, 3.05) is 36.8 Å². The largest absolute Gasteiger partial charge is 0.444 e. The quantitative estimate of drug-likeness (QED) is 0.0572. The normalized spacial score (nSPS) is 17.3. The van der Waals surface area contributed by atoms with Gasteiger partial charge in [0.25, 0.3) is 0 Å². The van der Waals surface area contributed by atoms with Crippen LogP contribution in [0.15, 0.2) is 146 Å². The molecule has 0 bridgehead atoms. The Kier molecular flexibility index (Phi) is 21.6. The van der Waals surface area contributed by atoms with Gasteiger partial charge in [0, 0.05) is 75.8 Å². The zero-order valence-corrected chi connectivity index (χ0v) is 53.5. The van der Waals surface area contributed by atoms with Gasteiger partial charge in [-0.15, -0.1) is 0 Å². The lowest BCUT2D eigenvalue weighted by molar-refractivity contribution is -0.144. The number of piperidine rings is 2. The predicted molar refractivity (Wildman–Crippen MR) is 350 cm³/mol. The van der Waals surface area contributed by atoms with Crippen LogP contribution in [-0.4, -0.2) is 123 Å². The Balaban J connectivity index is 0.000000218. The summed E-state index contributed by atoms with van der Waals surface area (Å²) >= 11 is 13.0. The molecule has 91 heavy (non-hydrogen) atoms. The number of hydrogen-bond acceptors (Lipinski definition) is 11. The number of carbonyl (C=O) groups excluding carboxylic acids is 9. The van der Waals surface area contributed by atoms with Crippen molar-refractivity contribution in [2.45, 2.75) is 141 Å². The average Bonchev–Trinajstić information content (AvgIpc) is 0.865. The summed E-state index contributed by atoms with van der Waals surface area (Å²) in [4.78, 5) is 127. The molecule has 18 nitrogen and oxygen atoms in total. The van der Waals surface area contributed by atoms with Gasteiger partial charge in [-0.1, -0.05) is 157 Å². The molecule has 6 aromatic rings. The highest BCUT2D eigenvalue weighted by Crippen LogP contribution is 2.34. The molecular formula is C71H78Cl2N8O10. The minimum atomic E-state index is -1.42. The fourth-order valence-electron chi connectivity index (χ4n) is 12.0. The molecule has 0 unspecified atom stereocenters. The Bertz CT molecular complexity index is 3690. The summed E-state index contributed by atoms with van der Waals surface area (Å²) in [5, 5.41) is 16.0. The number of ether oxygens (including phenoxy) is 1. The van der Waals surface area contributed by atoms with Crippen LogP contribution in [0, 0.1) is 13.8 Å². The summed E-state index contributed by atoms with van der Waals surface area (Å²) < 4.78 is 5.56. The van der Waals surface area contributed by atoms with Crippen molar-refractivity contribution < 1.29 is 47.9 Å². The van der Waals surface area contributed by atoms with E-state index in [0.29, 0.717) is 64.9 Å². The van der Waals surface area contributed by atoms with Crippen LogP contribution in [-0.2, 0) is 59.4 Å². The molecule has 2 fully saturated rings. The smallest absolute Gasteiger partial charge is 0.410 e. The van der Waals surface area contributed by atoms with E-state index in [4.69, 9.17) is 27.9 Å². The Labute approximate surface area is 541 Å². The van der Waals surface area contributed by atoms with Gasteiger partial charge in [0.05, 0.1) is 21.4 Å². The molecule has 0 aromatic heterocycles. The van der Waals surface area contributed by atoms with Crippen LogP contribution >= 0.6 is 23.2 Å². The van der Waals surface area contributed by atoms with E-state index in [2.05, 4.69) is 26.6 Å². The van der Waals surface area contributed by atoms with E-state index in [1.54, 1.807) is 92.4 Å². The van der Waals surface area contributed by atoms with Crippen LogP contribution in [0.5, 0.6) is 0 Å². The number of rotatable bonds is 16. The van der Waals surface area contributed by atoms with Crippen LogP contribution in [0.2, 0.25) is 10.0 Å². The van der Waals surface area contributed by atoms with Gasteiger partial charge in [-0.2, -0.15) is 0 Å².